The number of fused-ring (bicyclic) bond motifs is 1. The molecular formula is C16H17N5O4. The van der Waals surface area contributed by atoms with Crippen LogP contribution >= 0.6 is 0 Å². The molecular weight excluding hydrogens is 326 g/mol. The monoisotopic (exact) mass is 343 g/mol. The average molecular weight is 343 g/mol. The number of ether oxygens (including phenoxy) is 1. The second-order valence-corrected chi connectivity index (χ2v) is 6.19. The Morgan fingerprint density at radius 2 is 2.28 bits per heavy atom. The summed E-state index contributed by atoms with van der Waals surface area (Å²) in [4.78, 5) is 32.1. The molecule has 0 aliphatic carbocycles. The molecule has 130 valence electrons. The maximum Gasteiger partial charge on any atom is 0.296 e. The summed E-state index contributed by atoms with van der Waals surface area (Å²) in [6, 6.07) is 3.02. The van der Waals surface area contributed by atoms with Gasteiger partial charge in [0, 0.05) is 31.4 Å². The van der Waals surface area contributed by atoms with Crippen molar-refractivity contribution in [1.82, 2.24) is 9.97 Å². The van der Waals surface area contributed by atoms with E-state index >= 15 is 0 Å². The molecule has 1 saturated heterocycles. The van der Waals surface area contributed by atoms with Crippen LogP contribution in [0.15, 0.2) is 24.5 Å². The van der Waals surface area contributed by atoms with Crippen molar-refractivity contribution in [2.45, 2.75) is 18.8 Å². The van der Waals surface area contributed by atoms with Gasteiger partial charge in [0.05, 0.1) is 16.7 Å². The third-order valence-electron chi connectivity index (χ3n) is 4.57. The first-order chi connectivity index (χ1) is 12.1. The summed E-state index contributed by atoms with van der Waals surface area (Å²) in [6.07, 6.45) is 5.37. The van der Waals surface area contributed by atoms with E-state index in [1.807, 2.05) is 4.90 Å². The fraction of sp³-hybridized carbons (Fsp3) is 0.375. The van der Waals surface area contributed by atoms with Crippen LogP contribution in [0.4, 0.5) is 17.1 Å². The average Bonchev–Trinajstić information content (AvgIpc) is 3.15. The van der Waals surface area contributed by atoms with E-state index in [9.17, 15) is 14.9 Å². The molecule has 2 aromatic rings. The second-order valence-electron chi connectivity index (χ2n) is 6.19. The number of H-pyrrole nitrogens is 1. The number of piperidine rings is 1. The quantitative estimate of drug-likeness (QED) is 0.651. The summed E-state index contributed by atoms with van der Waals surface area (Å²) in [6.45, 7) is 1.21. The van der Waals surface area contributed by atoms with Gasteiger partial charge in [-0.3, -0.25) is 14.9 Å². The Morgan fingerprint density at radius 1 is 1.40 bits per heavy atom. The van der Waals surface area contributed by atoms with E-state index in [1.165, 1.54) is 6.07 Å². The number of rotatable bonds is 3. The van der Waals surface area contributed by atoms with E-state index in [2.05, 4.69) is 15.3 Å². The van der Waals surface area contributed by atoms with Gasteiger partial charge in [0.15, 0.2) is 12.4 Å². The Morgan fingerprint density at radius 3 is 3.04 bits per heavy atom. The minimum Gasteiger partial charge on any atom is -0.481 e. The molecule has 4 rings (SSSR count). The van der Waals surface area contributed by atoms with Crippen molar-refractivity contribution >= 4 is 23.0 Å². The SMILES string of the molecule is O=C1COc2cc([N+](=O)[O-])c(N3CCCC(c4ncc[nH]4)C3)cc2N1. The first-order valence-electron chi connectivity index (χ1n) is 8.11. The number of nitrogens with zero attached hydrogens (tertiary/aromatic N) is 3. The van der Waals surface area contributed by atoms with Crippen LogP contribution in [0.1, 0.15) is 24.6 Å². The van der Waals surface area contributed by atoms with Crippen LogP contribution in [0, 0.1) is 10.1 Å². The number of aromatic amines is 1. The van der Waals surface area contributed by atoms with Gasteiger partial charge in [0.25, 0.3) is 11.6 Å². The minimum absolute atomic E-state index is 0.0185. The number of anilines is 2. The molecule has 0 spiro atoms. The normalized spacial score (nSPS) is 19.8. The van der Waals surface area contributed by atoms with Crippen molar-refractivity contribution in [3.63, 3.8) is 0 Å². The van der Waals surface area contributed by atoms with E-state index in [-0.39, 0.29) is 24.1 Å². The molecule has 9 heteroatoms. The summed E-state index contributed by atoms with van der Waals surface area (Å²) < 4.78 is 5.30. The number of aromatic nitrogens is 2. The zero-order valence-electron chi connectivity index (χ0n) is 13.4. The number of imidazole rings is 1. The smallest absolute Gasteiger partial charge is 0.296 e. The summed E-state index contributed by atoms with van der Waals surface area (Å²) >= 11 is 0. The van der Waals surface area contributed by atoms with Crippen molar-refractivity contribution in [1.29, 1.82) is 0 Å². The Balaban J connectivity index is 1.69. The molecule has 0 bridgehead atoms. The number of carbonyl (C=O) groups is 1. The number of carbonyl (C=O) groups excluding carboxylic acids is 1. The lowest BCUT2D eigenvalue weighted by Crippen LogP contribution is -2.35. The molecule has 25 heavy (non-hydrogen) atoms. The van der Waals surface area contributed by atoms with Crippen molar-refractivity contribution in [3.8, 4) is 5.75 Å². The Labute approximate surface area is 143 Å². The highest BCUT2D eigenvalue weighted by molar-refractivity contribution is 5.97. The zero-order valence-corrected chi connectivity index (χ0v) is 13.4. The second kappa shape index (κ2) is 6.08. The highest BCUT2D eigenvalue weighted by Gasteiger charge is 2.30. The lowest BCUT2D eigenvalue weighted by molar-refractivity contribution is -0.384. The molecule has 2 aliphatic heterocycles. The third kappa shape index (κ3) is 2.88. The van der Waals surface area contributed by atoms with E-state index < -0.39 is 4.92 Å². The van der Waals surface area contributed by atoms with Crippen LogP contribution in [-0.2, 0) is 4.79 Å². The summed E-state index contributed by atoms with van der Waals surface area (Å²) in [5.41, 5.74) is 0.942. The number of nitro groups is 1. The van der Waals surface area contributed by atoms with Crippen LogP contribution in [0.5, 0.6) is 5.75 Å². The van der Waals surface area contributed by atoms with Crippen LogP contribution in [-0.4, -0.2) is 40.5 Å². The lowest BCUT2D eigenvalue weighted by atomic mass is 9.96. The number of hydrogen-bond acceptors (Lipinski definition) is 6. The van der Waals surface area contributed by atoms with Crippen molar-refractivity contribution in [3.05, 3.63) is 40.5 Å². The maximum atomic E-state index is 11.5. The van der Waals surface area contributed by atoms with Crippen molar-refractivity contribution < 1.29 is 14.5 Å². The molecule has 9 nitrogen and oxygen atoms in total. The Kier molecular flexibility index (Phi) is 3.75. The Hall–Kier alpha value is -3.10. The third-order valence-corrected chi connectivity index (χ3v) is 4.57. The van der Waals surface area contributed by atoms with Crippen LogP contribution in [0.3, 0.4) is 0 Å². The standard InChI is InChI=1S/C16H17N5O4/c22-15-9-25-14-7-13(21(23)24)12(6-11(14)19-15)20-5-1-2-10(8-20)16-17-3-4-18-16/h3-4,6-7,10H,1-2,5,8-9H2,(H,17,18)(H,19,22). The molecule has 1 atom stereocenters. The molecule has 1 aromatic heterocycles. The zero-order chi connectivity index (χ0) is 17.4. The molecule has 1 amide bonds. The molecule has 1 fully saturated rings. The van der Waals surface area contributed by atoms with Gasteiger partial charge in [-0.2, -0.15) is 0 Å². The number of nitro benzene ring substituents is 1. The lowest BCUT2D eigenvalue weighted by Gasteiger charge is -2.33. The first kappa shape index (κ1) is 15.4. The van der Waals surface area contributed by atoms with Gasteiger partial charge in [-0.15, -0.1) is 0 Å². The molecule has 2 N–H and O–H groups in total. The van der Waals surface area contributed by atoms with Crippen LogP contribution in [0.25, 0.3) is 0 Å². The van der Waals surface area contributed by atoms with Gasteiger partial charge in [-0.1, -0.05) is 0 Å². The van der Waals surface area contributed by atoms with Gasteiger partial charge >= 0.3 is 0 Å². The number of amides is 1. The van der Waals surface area contributed by atoms with Crippen molar-refractivity contribution in [2.24, 2.45) is 0 Å². The number of nitrogens with one attached hydrogen (secondary N) is 2. The summed E-state index contributed by atoms with van der Waals surface area (Å²) in [7, 11) is 0. The van der Waals surface area contributed by atoms with E-state index in [0.717, 1.165) is 18.7 Å². The molecule has 1 aromatic carbocycles. The number of benzene rings is 1. The molecule has 0 saturated carbocycles. The molecule has 0 radical (unpaired) electrons. The summed E-state index contributed by atoms with van der Waals surface area (Å²) in [5.74, 6) is 1.14. The Bertz CT molecular complexity index is 820. The predicted octanol–water partition coefficient (Wildman–Crippen LogP) is 2.03. The highest BCUT2D eigenvalue weighted by Crippen LogP contribution is 2.41. The first-order valence-corrected chi connectivity index (χ1v) is 8.11. The van der Waals surface area contributed by atoms with Gasteiger partial charge < -0.3 is 19.9 Å². The van der Waals surface area contributed by atoms with Crippen LogP contribution in [0.2, 0.25) is 0 Å². The van der Waals surface area contributed by atoms with Gasteiger partial charge in [-0.25, -0.2) is 4.98 Å². The predicted molar refractivity (Wildman–Crippen MR) is 90.0 cm³/mol. The highest BCUT2D eigenvalue weighted by atomic mass is 16.6. The fourth-order valence-corrected chi connectivity index (χ4v) is 3.42. The van der Waals surface area contributed by atoms with Crippen LogP contribution < -0.4 is 15.0 Å². The van der Waals surface area contributed by atoms with Crippen molar-refractivity contribution in [2.75, 3.05) is 29.9 Å². The molecule has 3 heterocycles. The van der Waals surface area contributed by atoms with E-state index in [4.69, 9.17) is 4.74 Å². The van der Waals surface area contributed by atoms with Gasteiger partial charge in [0.1, 0.15) is 11.5 Å². The van der Waals surface area contributed by atoms with Gasteiger partial charge in [-0.05, 0) is 18.9 Å². The van der Waals surface area contributed by atoms with E-state index in [0.29, 0.717) is 30.2 Å². The topological polar surface area (TPSA) is 113 Å². The fourth-order valence-electron chi connectivity index (χ4n) is 3.42. The van der Waals surface area contributed by atoms with E-state index in [1.54, 1.807) is 18.5 Å². The minimum atomic E-state index is -0.411. The molecule has 2 aliphatic rings. The largest absolute Gasteiger partial charge is 0.481 e. The molecule has 1 unspecified atom stereocenters. The summed E-state index contributed by atoms with van der Waals surface area (Å²) in [5, 5.41) is 14.3. The van der Waals surface area contributed by atoms with Gasteiger partial charge in [0.2, 0.25) is 0 Å². The maximum absolute atomic E-state index is 11.5. The number of hydrogen-bond donors (Lipinski definition) is 2.